The molecule has 2 fully saturated rings. The average Bonchev–Trinajstić information content (AvgIpc) is 2.81. The maximum Gasteiger partial charge on any atom is 0.251 e. The van der Waals surface area contributed by atoms with E-state index >= 15 is 0 Å². The van der Waals surface area contributed by atoms with Gasteiger partial charge in [0.2, 0.25) is 5.91 Å². The minimum absolute atomic E-state index is 0.0219. The van der Waals surface area contributed by atoms with Gasteiger partial charge in [-0.05, 0) is 75.5 Å². The molecule has 6 heteroatoms. The van der Waals surface area contributed by atoms with Crippen molar-refractivity contribution in [2.24, 2.45) is 5.92 Å². The van der Waals surface area contributed by atoms with Gasteiger partial charge >= 0.3 is 0 Å². The third-order valence-electron chi connectivity index (χ3n) is 6.55. The second kappa shape index (κ2) is 10.1. The van der Waals surface area contributed by atoms with Gasteiger partial charge in [-0.3, -0.25) is 19.5 Å². The van der Waals surface area contributed by atoms with Gasteiger partial charge in [0.05, 0.1) is 0 Å². The first-order valence-electron chi connectivity index (χ1n) is 11.4. The zero-order valence-electron chi connectivity index (χ0n) is 18.3. The summed E-state index contributed by atoms with van der Waals surface area (Å²) >= 11 is 0. The van der Waals surface area contributed by atoms with Gasteiger partial charge in [0, 0.05) is 49.6 Å². The molecule has 2 aliphatic heterocycles. The number of rotatable bonds is 5. The highest BCUT2D eigenvalue weighted by Gasteiger charge is 2.31. The Bertz CT molecular complexity index is 868. The minimum Gasteiger partial charge on any atom is -0.349 e. The van der Waals surface area contributed by atoms with Gasteiger partial charge in [-0.15, -0.1) is 0 Å². The number of amides is 2. The first-order valence-corrected chi connectivity index (χ1v) is 11.4. The number of piperidine rings is 2. The fraction of sp³-hybridized carbons (Fsp3) is 0.480. The first-order chi connectivity index (χ1) is 15.1. The lowest BCUT2D eigenvalue weighted by Gasteiger charge is -2.37. The van der Waals surface area contributed by atoms with Gasteiger partial charge in [-0.25, -0.2) is 0 Å². The highest BCUT2D eigenvalue weighted by molar-refractivity contribution is 5.94. The van der Waals surface area contributed by atoms with Crippen LogP contribution in [0.25, 0.3) is 0 Å². The van der Waals surface area contributed by atoms with Gasteiger partial charge in [-0.1, -0.05) is 17.7 Å². The number of likely N-dealkylation sites (tertiary alicyclic amines) is 2. The molecule has 31 heavy (non-hydrogen) atoms. The maximum absolute atomic E-state index is 13.0. The van der Waals surface area contributed by atoms with E-state index in [0.717, 1.165) is 64.0 Å². The van der Waals surface area contributed by atoms with E-state index in [1.165, 1.54) is 5.56 Å². The molecule has 6 nitrogen and oxygen atoms in total. The lowest BCUT2D eigenvalue weighted by molar-refractivity contribution is -0.138. The van der Waals surface area contributed by atoms with Crippen LogP contribution in [0.2, 0.25) is 0 Å². The van der Waals surface area contributed by atoms with Crippen LogP contribution in [-0.2, 0) is 11.3 Å². The average molecular weight is 421 g/mol. The Morgan fingerprint density at radius 3 is 2.23 bits per heavy atom. The fourth-order valence-electron chi connectivity index (χ4n) is 4.56. The number of hydrogen-bond acceptors (Lipinski definition) is 4. The Morgan fingerprint density at radius 1 is 0.935 bits per heavy atom. The van der Waals surface area contributed by atoms with E-state index in [4.69, 9.17) is 0 Å². The van der Waals surface area contributed by atoms with Crippen LogP contribution in [-0.4, -0.2) is 58.8 Å². The highest BCUT2D eigenvalue weighted by Crippen LogP contribution is 2.23. The van der Waals surface area contributed by atoms with E-state index in [2.05, 4.69) is 27.3 Å². The van der Waals surface area contributed by atoms with E-state index < -0.39 is 0 Å². The van der Waals surface area contributed by atoms with Crippen molar-refractivity contribution in [1.29, 1.82) is 0 Å². The second-order valence-corrected chi connectivity index (χ2v) is 8.84. The Balaban J connectivity index is 1.20. The van der Waals surface area contributed by atoms with Crippen LogP contribution in [0.1, 0.15) is 47.2 Å². The quantitative estimate of drug-likeness (QED) is 0.808. The van der Waals surface area contributed by atoms with Crippen LogP contribution in [0.4, 0.5) is 0 Å². The van der Waals surface area contributed by atoms with Crippen LogP contribution in [0.15, 0.2) is 48.8 Å². The number of aryl methyl sites for hydroxylation is 1. The summed E-state index contributed by atoms with van der Waals surface area (Å²) in [4.78, 5) is 34.0. The number of carbonyl (C=O) groups excluding carboxylic acids is 2. The van der Waals surface area contributed by atoms with Crippen LogP contribution in [0.5, 0.6) is 0 Å². The van der Waals surface area contributed by atoms with Crippen molar-refractivity contribution >= 4 is 11.8 Å². The molecule has 1 aromatic carbocycles. The lowest BCUT2D eigenvalue weighted by atomic mass is 9.93. The van der Waals surface area contributed by atoms with Crippen LogP contribution in [0.3, 0.4) is 0 Å². The number of nitrogens with one attached hydrogen (secondary N) is 1. The van der Waals surface area contributed by atoms with Gasteiger partial charge < -0.3 is 10.2 Å². The van der Waals surface area contributed by atoms with E-state index in [1.54, 1.807) is 0 Å². The maximum atomic E-state index is 13.0. The van der Waals surface area contributed by atoms with Crippen molar-refractivity contribution in [2.75, 3.05) is 26.2 Å². The molecular weight excluding hydrogens is 388 g/mol. The number of carbonyl (C=O) groups is 2. The first kappa shape index (κ1) is 21.5. The normalized spacial score (nSPS) is 18.7. The van der Waals surface area contributed by atoms with E-state index in [9.17, 15) is 9.59 Å². The minimum atomic E-state index is -0.0219. The molecule has 2 aromatic rings. The van der Waals surface area contributed by atoms with Gasteiger partial charge in [0.1, 0.15) is 0 Å². The molecular formula is C25H32N4O2. The molecule has 0 saturated carbocycles. The Hall–Kier alpha value is -2.73. The smallest absolute Gasteiger partial charge is 0.251 e. The third kappa shape index (κ3) is 5.70. The van der Waals surface area contributed by atoms with E-state index in [0.29, 0.717) is 11.5 Å². The van der Waals surface area contributed by atoms with Crippen molar-refractivity contribution in [3.8, 4) is 0 Å². The van der Waals surface area contributed by atoms with Crippen molar-refractivity contribution in [3.05, 3.63) is 65.5 Å². The molecule has 3 heterocycles. The molecule has 0 atom stereocenters. The van der Waals surface area contributed by atoms with Gasteiger partial charge in [0.25, 0.3) is 5.91 Å². The van der Waals surface area contributed by atoms with Crippen molar-refractivity contribution in [2.45, 2.75) is 45.2 Å². The zero-order valence-corrected chi connectivity index (χ0v) is 18.3. The summed E-state index contributed by atoms with van der Waals surface area (Å²) in [6.45, 7) is 6.32. The summed E-state index contributed by atoms with van der Waals surface area (Å²) in [6.07, 6.45) is 7.16. The number of aromatic nitrogens is 1. The van der Waals surface area contributed by atoms with Crippen LogP contribution < -0.4 is 5.32 Å². The van der Waals surface area contributed by atoms with Gasteiger partial charge in [0.15, 0.2) is 0 Å². The predicted octanol–water partition coefficient (Wildman–Crippen LogP) is 3.02. The lowest BCUT2D eigenvalue weighted by Crippen LogP contribution is -2.49. The largest absolute Gasteiger partial charge is 0.349 e. The summed E-state index contributed by atoms with van der Waals surface area (Å²) in [5.41, 5.74) is 3.11. The molecule has 164 valence electrons. The molecule has 0 spiro atoms. The molecule has 2 amide bonds. The molecule has 1 aromatic heterocycles. The zero-order chi connectivity index (χ0) is 21.6. The molecule has 2 saturated heterocycles. The molecule has 0 radical (unpaired) electrons. The van der Waals surface area contributed by atoms with E-state index in [1.807, 2.05) is 48.5 Å². The summed E-state index contributed by atoms with van der Waals surface area (Å²) in [5, 5.41) is 3.13. The summed E-state index contributed by atoms with van der Waals surface area (Å²) in [7, 11) is 0. The van der Waals surface area contributed by atoms with Crippen molar-refractivity contribution in [1.82, 2.24) is 20.1 Å². The van der Waals surface area contributed by atoms with Gasteiger partial charge in [-0.2, -0.15) is 0 Å². The standard InChI is InChI=1S/C25H32N4O2/c1-19-2-4-21(5-3-19)24(30)27-23-10-16-29(17-11-23)25(31)22-8-14-28(15-9-22)18-20-6-12-26-13-7-20/h2-7,12-13,22-23H,8-11,14-18H2,1H3,(H,27,30). The SMILES string of the molecule is Cc1ccc(C(=O)NC2CCN(C(=O)C3CCN(Cc4ccncc4)CC3)CC2)cc1. The highest BCUT2D eigenvalue weighted by atomic mass is 16.2. The number of benzene rings is 1. The van der Waals surface area contributed by atoms with E-state index in [-0.39, 0.29) is 17.9 Å². The van der Waals surface area contributed by atoms with Crippen LogP contribution >= 0.6 is 0 Å². The second-order valence-electron chi connectivity index (χ2n) is 8.84. The third-order valence-corrected chi connectivity index (χ3v) is 6.55. The Labute approximate surface area is 184 Å². The van der Waals surface area contributed by atoms with Crippen molar-refractivity contribution < 1.29 is 9.59 Å². The summed E-state index contributed by atoms with van der Waals surface area (Å²) < 4.78 is 0. The topological polar surface area (TPSA) is 65.5 Å². The number of hydrogen-bond donors (Lipinski definition) is 1. The molecule has 1 N–H and O–H groups in total. The Kier molecular flexibility index (Phi) is 6.97. The number of nitrogens with zero attached hydrogens (tertiary/aromatic N) is 3. The fourth-order valence-corrected chi connectivity index (χ4v) is 4.56. The molecule has 2 aliphatic rings. The molecule has 0 aliphatic carbocycles. The molecule has 0 bridgehead atoms. The van der Waals surface area contributed by atoms with Crippen molar-refractivity contribution in [3.63, 3.8) is 0 Å². The summed E-state index contributed by atoms with van der Waals surface area (Å²) in [6, 6.07) is 11.9. The monoisotopic (exact) mass is 420 g/mol. The number of pyridine rings is 1. The van der Waals surface area contributed by atoms with Crippen LogP contribution in [0, 0.1) is 12.8 Å². The molecule has 0 unspecified atom stereocenters. The predicted molar refractivity (Wildman–Crippen MR) is 120 cm³/mol. The summed E-state index contributed by atoms with van der Waals surface area (Å²) in [5.74, 6) is 0.408. The Morgan fingerprint density at radius 2 is 1.58 bits per heavy atom. The molecule has 4 rings (SSSR count).